The van der Waals surface area contributed by atoms with E-state index in [1.54, 1.807) is 17.1 Å². The molecule has 14 heavy (non-hydrogen) atoms. The van der Waals surface area contributed by atoms with Crippen molar-refractivity contribution in [1.29, 1.82) is 5.26 Å². The quantitative estimate of drug-likeness (QED) is 0.523. The lowest BCUT2D eigenvalue weighted by molar-refractivity contribution is 0.438. The van der Waals surface area contributed by atoms with Crippen LogP contribution in [0.2, 0.25) is 0 Å². The fourth-order valence-electron chi connectivity index (χ4n) is 1.14. The number of benzene rings is 1. The molecule has 0 N–H and O–H groups in total. The molecule has 0 aromatic heterocycles. The Labute approximate surface area is 84.3 Å². The van der Waals surface area contributed by atoms with E-state index >= 15 is 0 Å². The van der Waals surface area contributed by atoms with E-state index in [1.807, 2.05) is 33.2 Å². The summed E-state index contributed by atoms with van der Waals surface area (Å²) in [4.78, 5) is 0. The number of hydrogen-bond donors (Lipinski definition) is 0. The first-order chi connectivity index (χ1) is 6.63. The summed E-state index contributed by atoms with van der Waals surface area (Å²) in [6, 6.07) is 9.48. The normalized spacial score (nSPS) is 10.9. The lowest BCUT2D eigenvalue weighted by Gasteiger charge is -2.07. The van der Waals surface area contributed by atoms with E-state index < -0.39 is 0 Å². The van der Waals surface area contributed by atoms with Crippen LogP contribution in [0.5, 0.6) is 0 Å². The largest absolute Gasteiger partial charge is 0.303 e. The number of hydrazone groups is 1. The van der Waals surface area contributed by atoms with Crippen LogP contribution in [0.3, 0.4) is 0 Å². The molecular formula is C11H13N3. The van der Waals surface area contributed by atoms with Crippen molar-refractivity contribution in [2.24, 2.45) is 5.10 Å². The van der Waals surface area contributed by atoms with Crippen LogP contribution in [0.25, 0.3) is 0 Å². The van der Waals surface area contributed by atoms with Crippen molar-refractivity contribution < 1.29 is 0 Å². The van der Waals surface area contributed by atoms with E-state index in [0.29, 0.717) is 5.56 Å². The first kappa shape index (κ1) is 10.3. The Morgan fingerprint density at radius 3 is 2.29 bits per heavy atom. The Morgan fingerprint density at radius 2 is 1.86 bits per heavy atom. The van der Waals surface area contributed by atoms with Gasteiger partial charge in [-0.25, -0.2) is 0 Å². The maximum absolute atomic E-state index is 8.62. The van der Waals surface area contributed by atoms with Gasteiger partial charge in [0.05, 0.1) is 17.3 Å². The second-order valence-corrected chi connectivity index (χ2v) is 3.22. The maximum Gasteiger partial charge on any atom is 0.0991 e. The minimum atomic E-state index is 0.673. The van der Waals surface area contributed by atoms with Gasteiger partial charge in [-0.2, -0.15) is 10.4 Å². The summed E-state index contributed by atoms with van der Waals surface area (Å²) in [7, 11) is 3.76. The molecule has 0 heterocycles. The minimum absolute atomic E-state index is 0.673. The molecule has 3 nitrogen and oxygen atoms in total. The van der Waals surface area contributed by atoms with Gasteiger partial charge < -0.3 is 5.01 Å². The SMILES string of the molecule is C/C(=N/N(C)C)c1ccc(C#N)cc1. The van der Waals surface area contributed by atoms with Gasteiger partial charge in [0.1, 0.15) is 0 Å². The predicted octanol–water partition coefficient (Wildman–Crippen LogP) is 1.84. The van der Waals surface area contributed by atoms with Gasteiger partial charge in [0.15, 0.2) is 0 Å². The van der Waals surface area contributed by atoms with Gasteiger partial charge in [0, 0.05) is 14.1 Å². The molecule has 0 spiro atoms. The summed E-state index contributed by atoms with van der Waals surface area (Å²) in [5.74, 6) is 0. The van der Waals surface area contributed by atoms with Crippen molar-refractivity contribution in [3.8, 4) is 6.07 Å². The molecule has 0 saturated heterocycles. The lowest BCUT2D eigenvalue weighted by atomic mass is 10.1. The first-order valence-corrected chi connectivity index (χ1v) is 4.36. The third-order valence-electron chi connectivity index (χ3n) is 1.78. The van der Waals surface area contributed by atoms with Crippen molar-refractivity contribution >= 4 is 5.71 Å². The van der Waals surface area contributed by atoms with Gasteiger partial charge in [-0.15, -0.1) is 0 Å². The zero-order chi connectivity index (χ0) is 10.6. The molecule has 72 valence electrons. The van der Waals surface area contributed by atoms with E-state index in [4.69, 9.17) is 5.26 Å². The summed E-state index contributed by atoms with van der Waals surface area (Å²) in [6.07, 6.45) is 0. The smallest absolute Gasteiger partial charge is 0.0991 e. The fraction of sp³-hybridized carbons (Fsp3) is 0.273. The Bertz CT molecular complexity index is 369. The standard InChI is InChI=1S/C11H13N3/c1-9(13-14(2)3)11-6-4-10(8-12)5-7-11/h4-7H,1-3H3/b13-9-. The molecule has 0 unspecified atom stereocenters. The molecule has 1 aromatic carbocycles. The predicted molar refractivity (Wildman–Crippen MR) is 57.1 cm³/mol. The molecule has 1 aromatic rings. The molecule has 0 aliphatic rings. The highest BCUT2D eigenvalue weighted by atomic mass is 15.4. The Balaban J connectivity index is 2.93. The van der Waals surface area contributed by atoms with Crippen LogP contribution in [0.1, 0.15) is 18.1 Å². The average Bonchev–Trinajstić information content (AvgIpc) is 2.17. The van der Waals surface area contributed by atoms with Crippen molar-refractivity contribution in [3.05, 3.63) is 35.4 Å². The average molecular weight is 187 g/mol. The lowest BCUT2D eigenvalue weighted by Crippen LogP contribution is -2.07. The molecule has 0 amide bonds. The summed E-state index contributed by atoms with van der Waals surface area (Å²) >= 11 is 0. The van der Waals surface area contributed by atoms with E-state index in [2.05, 4.69) is 11.2 Å². The Kier molecular flexibility index (Phi) is 3.24. The van der Waals surface area contributed by atoms with Gasteiger partial charge in [0.2, 0.25) is 0 Å². The summed E-state index contributed by atoms with van der Waals surface area (Å²) in [5, 5.41) is 14.7. The third kappa shape index (κ3) is 2.60. The molecule has 0 radical (unpaired) electrons. The van der Waals surface area contributed by atoms with Gasteiger partial charge in [-0.1, -0.05) is 12.1 Å². The zero-order valence-electron chi connectivity index (χ0n) is 8.65. The van der Waals surface area contributed by atoms with Crippen LogP contribution in [-0.4, -0.2) is 24.8 Å². The minimum Gasteiger partial charge on any atom is -0.303 e. The maximum atomic E-state index is 8.62. The molecular weight excluding hydrogens is 174 g/mol. The zero-order valence-corrected chi connectivity index (χ0v) is 8.65. The molecule has 0 fully saturated rings. The summed E-state index contributed by atoms with van der Waals surface area (Å²) in [6.45, 7) is 1.95. The molecule has 3 heteroatoms. The van der Waals surface area contributed by atoms with Gasteiger partial charge >= 0.3 is 0 Å². The third-order valence-corrected chi connectivity index (χ3v) is 1.78. The number of rotatable bonds is 2. The van der Waals surface area contributed by atoms with Crippen LogP contribution >= 0.6 is 0 Å². The summed E-state index contributed by atoms with van der Waals surface area (Å²) in [5.41, 5.74) is 2.66. The molecule has 1 rings (SSSR count). The highest BCUT2D eigenvalue weighted by molar-refractivity contribution is 5.98. The van der Waals surface area contributed by atoms with Crippen LogP contribution in [-0.2, 0) is 0 Å². The highest BCUT2D eigenvalue weighted by Crippen LogP contribution is 2.05. The van der Waals surface area contributed by atoms with Gasteiger partial charge in [-0.3, -0.25) is 0 Å². The second-order valence-electron chi connectivity index (χ2n) is 3.22. The first-order valence-electron chi connectivity index (χ1n) is 4.36. The van der Waals surface area contributed by atoms with Crippen molar-refractivity contribution in [1.82, 2.24) is 5.01 Å². The van der Waals surface area contributed by atoms with E-state index in [9.17, 15) is 0 Å². The molecule has 0 aliphatic carbocycles. The van der Waals surface area contributed by atoms with Crippen LogP contribution < -0.4 is 0 Å². The Hall–Kier alpha value is -1.82. The van der Waals surface area contributed by atoms with E-state index in [0.717, 1.165) is 11.3 Å². The molecule has 0 saturated carbocycles. The Morgan fingerprint density at radius 1 is 1.29 bits per heavy atom. The van der Waals surface area contributed by atoms with E-state index in [-0.39, 0.29) is 0 Å². The van der Waals surface area contributed by atoms with Crippen LogP contribution in [0.15, 0.2) is 29.4 Å². The van der Waals surface area contributed by atoms with Crippen molar-refractivity contribution in [2.45, 2.75) is 6.92 Å². The number of nitriles is 1. The number of nitrogens with zero attached hydrogens (tertiary/aromatic N) is 3. The molecule has 0 atom stereocenters. The van der Waals surface area contributed by atoms with Crippen molar-refractivity contribution in [3.63, 3.8) is 0 Å². The highest BCUT2D eigenvalue weighted by Gasteiger charge is 1.97. The molecule has 0 aliphatic heterocycles. The number of hydrogen-bond acceptors (Lipinski definition) is 3. The monoisotopic (exact) mass is 187 g/mol. The fourth-order valence-corrected chi connectivity index (χ4v) is 1.14. The van der Waals surface area contributed by atoms with Crippen LogP contribution in [0.4, 0.5) is 0 Å². The summed E-state index contributed by atoms with van der Waals surface area (Å²) < 4.78 is 0. The van der Waals surface area contributed by atoms with Crippen molar-refractivity contribution in [2.75, 3.05) is 14.1 Å². The van der Waals surface area contributed by atoms with Gasteiger partial charge in [-0.05, 0) is 24.6 Å². The van der Waals surface area contributed by atoms with Crippen LogP contribution in [0, 0.1) is 11.3 Å². The second kappa shape index (κ2) is 4.43. The van der Waals surface area contributed by atoms with E-state index in [1.165, 1.54) is 0 Å². The molecule has 0 bridgehead atoms. The van der Waals surface area contributed by atoms with Gasteiger partial charge in [0.25, 0.3) is 0 Å². The topological polar surface area (TPSA) is 39.4 Å².